The first-order valence-corrected chi connectivity index (χ1v) is 8.48. The molecule has 0 fully saturated rings. The minimum atomic E-state index is -1.38. The summed E-state index contributed by atoms with van der Waals surface area (Å²) >= 11 is 0. The topological polar surface area (TPSA) is 109 Å². The smallest absolute Gasteiger partial charge is 0.336 e. The van der Waals surface area contributed by atoms with E-state index in [0.29, 0.717) is 16.9 Å². The van der Waals surface area contributed by atoms with Crippen molar-refractivity contribution in [1.82, 2.24) is 5.32 Å². The van der Waals surface area contributed by atoms with E-state index in [1.54, 1.807) is 19.1 Å². The van der Waals surface area contributed by atoms with Crippen LogP contribution < -0.4 is 20.8 Å². The molecular formula is C19H22NO6-. The summed E-state index contributed by atoms with van der Waals surface area (Å²) in [7, 11) is 0. The summed E-state index contributed by atoms with van der Waals surface area (Å²) < 4.78 is 11.0. The first kappa shape index (κ1) is 19.5. The van der Waals surface area contributed by atoms with Crippen LogP contribution in [0.4, 0.5) is 0 Å². The summed E-state index contributed by atoms with van der Waals surface area (Å²) in [5.74, 6) is -1.57. The second-order valence-corrected chi connectivity index (χ2v) is 6.22. The fraction of sp³-hybridized carbons (Fsp3) is 0.421. The predicted molar refractivity (Wildman–Crippen MR) is 93.9 cm³/mol. The second-order valence-electron chi connectivity index (χ2n) is 6.22. The maximum absolute atomic E-state index is 12.0. The van der Waals surface area contributed by atoms with E-state index in [2.05, 4.69) is 5.32 Å². The van der Waals surface area contributed by atoms with E-state index in [0.717, 1.165) is 23.8 Å². The zero-order chi connectivity index (χ0) is 19.4. The first-order chi connectivity index (χ1) is 12.2. The molecule has 0 saturated carbocycles. The number of benzene rings is 1. The summed E-state index contributed by atoms with van der Waals surface area (Å²) in [6, 6.07) is 3.87. The Morgan fingerprint density at radius 2 is 2.00 bits per heavy atom. The van der Waals surface area contributed by atoms with Gasteiger partial charge in [-0.05, 0) is 44.9 Å². The Balaban J connectivity index is 2.30. The van der Waals surface area contributed by atoms with Crippen LogP contribution in [0.15, 0.2) is 27.4 Å². The molecule has 0 unspecified atom stereocenters. The maximum Gasteiger partial charge on any atom is 0.336 e. The Morgan fingerprint density at radius 3 is 2.62 bits per heavy atom. The van der Waals surface area contributed by atoms with Crippen molar-refractivity contribution in [3.63, 3.8) is 0 Å². The van der Waals surface area contributed by atoms with Gasteiger partial charge in [0.2, 0.25) is 0 Å². The normalized spacial score (nSPS) is 13.2. The third-order valence-electron chi connectivity index (χ3n) is 4.10. The molecular weight excluding hydrogens is 338 g/mol. The van der Waals surface area contributed by atoms with E-state index in [9.17, 15) is 19.5 Å². The van der Waals surface area contributed by atoms with E-state index >= 15 is 0 Å². The van der Waals surface area contributed by atoms with Crippen molar-refractivity contribution in [2.24, 2.45) is 0 Å². The molecule has 0 radical (unpaired) electrons. The molecule has 0 saturated heterocycles. The number of nitrogens with one attached hydrogen (secondary N) is 1. The number of hydrogen-bond donors (Lipinski definition) is 1. The largest absolute Gasteiger partial charge is 0.548 e. The molecule has 2 aromatic rings. The fourth-order valence-electron chi connectivity index (χ4n) is 2.65. The zero-order valence-corrected chi connectivity index (χ0v) is 15.3. The predicted octanol–water partition coefficient (Wildman–Crippen LogP) is 1.08. The lowest BCUT2D eigenvalue weighted by Gasteiger charge is -2.20. The number of fused-ring (bicyclic) bond motifs is 1. The van der Waals surface area contributed by atoms with Gasteiger partial charge in [0.15, 0.2) is 6.10 Å². The SMILES string of the molecule is CCCc1cc(=O)oc2c(C)c(O[C@H](C)C(=O)N[C@@H](C)C(=O)[O-])ccc12. The number of rotatable bonds is 7. The first-order valence-electron chi connectivity index (χ1n) is 8.48. The van der Waals surface area contributed by atoms with E-state index in [-0.39, 0.29) is 0 Å². The van der Waals surface area contributed by atoms with Crippen LogP contribution in [0.5, 0.6) is 5.75 Å². The van der Waals surface area contributed by atoms with Gasteiger partial charge in [0.25, 0.3) is 5.91 Å². The van der Waals surface area contributed by atoms with Gasteiger partial charge in [-0.1, -0.05) is 13.3 Å². The standard InChI is InChI=1S/C19H23NO6/c1-5-6-13-9-16(21)26-17-10(2)15(8-7-14(13)17)25-12(4)18(22)20-11(3)19(23)24/h7-9,11-12H,5-6H2,1-4H3,(H,20,22)(H,23,24)/p-1/t11-,12+/m0/s1. The quantitative estimate of drug-likeness (QED) is 0.740. The highest BCUT2D eigenvalue weighted by Gasteiger charge is 2.19. The van der Waals surface area contributed by atoms with Crippen molar-refractivity contribution in [3.8, 4) is 5.75 Å². The molecule has 2 rings (SSSR count). The highest BCUT2D eigenvalue weighted by atomic mass is 16.5. The van der Waals surface area contributed by atoms with Crippen molar-refractivity contribution in [2.75, 3.05) is 0 Å². The minimum Gasteiger partial charge on any atom is -0.548 e. The van der Waals surface area contributed by atoms with Crippen molar-refractivity contribution in [2.45, 2.75) is 52.7 Å². The molecule has 140 valence electrons. The van der Waals surface area contributed by atoms with Crippen LogP contribution >= 0.6 is 0 Å². The molecule has 1 N–H and O–H groups in total. The van der Waals surface area contributed by atoms with Crippen LogP contribution in [0.1, 0.15) is 38.3 Å². The van der Waals surface area contributed by atoms with E-state index in [1.807, 2.05) is 6.92 Å². The summed E-state index contributed by atoms with van der Waals surface area (Å²) in [6.45, 7) is 6.58. The molecule has 0 spiro atoms. The van der Waals surface area contributed by atoms with Crippen LogP contribution in [0, 0.1) is 6.92 Å². The summed E-state index contributed by atoms with van der Waals surface area (Å²) in [5, 5.41) is 13.8. The molecule has 1 heterocycles. The lowest BCUT2D eigenvalue weighted by atomic mass is 10.0. The van der Waals surface area contributed by atoms with Crippen molar-refractivity contribution < 1.29 is 23.8 Å². The van der Waals surface area contributed by atoms with Gasteiger partial charge in [0, 0.05) is 17.0 Å². The molecule has 1 aromatic heterocycles. The third kappa shape index (κ3) is 4.22. The molecule has 0 aliphatic rings. The molecule has 1 aromatic carbocycles. The highest BCUT2D eigenvalue weighted by molar-refractivity contribution is 5.87. The molecule has 2 atom stereocenters. The molecule has 0 bridgehead atoms. The number of aliphatic carboxylic acids is 1. The number of carboxylic acids is 1. The van der Waals surface area contributed by atoms with E-state index in [1.165, 1.54) is 19.9 Å². The van der Waals surface area contributed by atoms with Gasteiger partial charge in [-0.2, -0.15) is 0 Å². The molecule has 7 nitrogen and oxygen atoms in total. The number of ether oxygens (including phenoxy) is 1. The monoisotopic (exact) mass is 360 g/mol. The Labute approximate surface area is 151 Å². The van der Waals surface area contributed by atoms with Gasteiger partial charge in [-0.15, -0.1) is 0 Å². The van der Waals surface area contributed by atoms with Gasteiger partial charge in [0.1, 0.15) is 11.3 Å². The average Bonchev–Trinajstić information content (AvgIpc) is 2.57. The lowest BCUT2D eigenvalue weighted by Crippen LogP contribution is -2.49. The third-order valence-corrected chi connectivity index (χ3v) is 4.10. The van der Waals surface area contributed by atoms with Crippen LogP contribution in [0.3, 0.4) is 0 Å². The summed E-state index contributed by atoms with van der Waals surface area (Å²) in [4.78, 5) is 34.6. The molecule has 0 aliphatic carbocycles. The number of amides is 1. The number of carboxylic acid groups (broad SMARTS) is 1. The fourth-order valence-corrected chi connectivity index (χ4v) is 2.65. The highest BCUT2D eigenvalue weighted by Crippen LogP contribution is 2.29. The summed E-state index contributed by atoms with van der Waals surface area (Å²) in [6.07, 6.45) is 0.712. The Kier molecular flexibility index (Phi) is 6.02. The Hall–Kier alpha value is -2.83. The number of hydrogen-bond acceptors (Lipinski definition) is 6. The number of carbonyl (C=O) groups excluding carboxylic acids is 2. The zero-order valence-electron chi connectivity index (χ0n) is 15.3. The number of carbonyl (C=O) groups is 2. The van der Waals surface area contributed by atoms with Gasteiger partial charge in [0.05, 0.1) is 12.0 Å². The van der Waals surface area contributed by atoms with Crippen molar-refractivity contribution in [1.29, 1.82) is 0 Å². The van der Waals surface area contributed by atoms with Crippen LogP contribution in [0.25, 0.3) is 11.0 Å². The van der Waals surface area contributed by atoms with Crippen LogP contribution in [-0.4, -0.2) is 24.0 Å². The van der Waals surface area contributed by atoms with Crippen molar-refractivity contribution in [3.05, 3.63) is 39.7 Å². The Bertz CT molecular complexity index is 885. The van der Waals surface area contributed by atoms with Crippen LogP contribution in [-0.2, 0) is 16.0 Å². The van der Waals surface area contributed by atoms with E-state index < -0.39 is 29.6 Å². The molecule has 26 heavy (non-hydrogen) atoms. The molecule has 1 amide bonds. The van der Waals surface area contributed by atoms with Crippen LogP contribution in [0.2, 0.25) is 0 Å². The van der Waals surface area contributed by atoms with E-state index in [4.69, 9.17) is 9.15 Å². The van der Waals surface area contributed by atoms with Crippen molar-refractivity contribution >= 4 is 22.8 Å². The molecule has 7 heteroatoms. The second kappa shape index (κ2) is 8.03. The average molecular weight is 360 g/mol. The van der Waals surface area contributed by atoms with Gasteiger partial charge >= 0.3 is 5.63 Å². The van der Waals surface area contributed by atoms with Gasteiger partial charge < -0.3 is 24.4 Å². The number of aryl methyl sites for hydroxylation is 2. The lowest BCUT2D eigenvalue weighted by molar-refractivity contribution is -0.307. The molecule has 0 aliphatic heterocycles. The Morgan fingerprint density at radius 1 is 1.31 bits per heavy atom. The van der Waals surface area contributed by atoms with Gasteiger partial charge in [-0.25, -0.2) is 4.79 Å². The minimum absolute atomic E-state index is 0.387. The van der Waals surface area contributed by atoms with Gasteiger partial charge in [-0.3, -0.25) is 4.79 Å². The maximum atomic E-state index is 12.0. The summed E-state index contributed by atoms with van der Waals surface area (Å²) in [5.41, 5.74) is 1.50.